The van der Waals surface area contributed by atoms with Gasteiger partial charge >= 0.3 is 0 Å². The molecule has 1 rings (SSSR count). The van der Waals surface area contributed by atoms with Crippen molar-refractivity contribution in [1.29, 1.82) is 0 Å². The molecule has 1 heterocycles. The van der Waals surface area contributed by atoms with E-state index < -0.39 is 9.84 Å². The van der Waals surface area contributed by atoms with Crippen LogP contribution in [0.15, 0.2) is 12.7 Å². The highest BCUT2D eigenvalue weighted by Gasteiger charge is 2.28. The standard InChI is InChI=1S/C11H21NO2S/c1-3-5-6-10(4-2)12-11-7-8-15(13,14)9-11/h3,10-12H,1,4-9H2,2H3. The van der Waals surface area contributed by atoms with Gasteiger partial charge in [0.1, 0.15) is 0 Å². The maximum absolute atomic E-state index is 11.3. The van der Waals surface area contributed by atoms with Crippen molar-refractivity contribution in [3.8, 4) is 0 Å². The average Bonchev–Trinajstić information content (AvgIpc) is 2.52. The summed E-state index contributed by atoms with van der Waals surface area (Å²) in [7, 11) is -2.75. The molecular weight excluding hydrogens is 210 g/mol. The van der Waals surface area contributed by atoms with Crippen LogP contribution in [0, 0.1) is 0 Å². The zero-order chi connectivity index (χ0) is 11.3. The van der Waals surface area contributed by atoms with E-state index in [1.54, 1.807) is 0 Å². The molecule has 15 heavy (non-hydrogen) atoms. The Morgan fingerprint density at radius 3 is 2.80 bits per heavy atom. The third-order valence-corrected chi connectivity index (χ3v) is 4.68. The van der Waals surface area contributed by atoms with E-state index in [9.17, 15) is 8.42 Å². The fraction of sp³-hybridized carbons (Fsp3) is 0.818. The second-order valence-electron chi connectivity index (χ2n) is 4.24. The van der Waals surface area contributed by atoms with Crippen molar-refractivity contribution in [3.63, 3.8) is 0 Å². The van der Waals surface area contributed by atoms with E-state index >= 15 is 0 Å². The molecule has 4 heteroatoms. The molecule has 3 nitrogen and oxygen atoms in total. The van der Waals surface area contributed by atoms with Crippen LogP contribution in [0.5, 0.6) is 0 Å². The number of hydrogen-bond acceptors (Lipinski definition) is 3. The van der Waals surface area contributed by atoms with Crippen molar-refractivity contribution >= 4 is 9.84 Å². The average molecular weight is 231 g/mol. The molecule has 1 aliphatic heterocycles. The van der Waals surface area contributed by atoms with Crippen LogP contribution in [-0.2, 0) is 9.84 Å². The first-order chi connectivity index (χ1) is 7.07. The summed E-state index contributed by atoms with van der Waals surface area (Å²) in [6, 6.07) is 0.603. The van der Waals surface area contributed by atoms with E-state index in [2.05, 4.69) is 18.8 Å². The number of allylic oxidation sites excluding steroid dienone is 1. The van der Waals surface area contributed by atoms with Gasteiger partial charge in [0.15, 0.2) is 9.84 Å². The van der Waals surface area contributed by atoms with Crippen LogP contribution in [0.25, 0.3) is 0 Å². The van der Waals surface area contributed by atoms with Gasteiger partial charge in [0.05, 0.1) is 11.5 Å². The van der Waals surface area contributed by atoms with Gasteiger partial charge in [-0.25, -0.2) is 8.42 Å². The predicted octanol–water partition coefficient (Wildman–Crippen LogP) is 1.51. The summed E-state index contributed by atoms with van der Waals surface area (Å²) < 4.78 is 22.5. The largest absolute Gasteiger partial charge is 0.310 e. The number of nitrogens with one attached hydrogen (secondary N) is 1. The van der Waals surface area contributed by atoms with Crippen LogP contribution in [0.2, 0.25) is 0 Å². The molecular formula is C11H21NO2S. The topological polar surface area (TPSA) is 46.2 Å². The van der Waals surface area contributed by atoms with E-state index in [-0.39, 0.29) is 6.04 Å². The molecule has 0 spiro atoms. The maximum atomic E-state index is 11.3. The first-order valence-corrected chi connectivity index (χ1v) is 7.47. The molecule has 1 fully saturated rings. The van der Waals surface area contributed by atoms with Gasteiger partial charge in [-0.05, 0) is 25.7 Å². The zero-order valence-corrected chi connectivity index (χ0v) is 10.2. The molecule has 1 N–H and O–H groups in total. The third-order valence-electron chi connectivity index (χ3n) is 2.92. The second-order valence-corrected chi connectivity index (χ2v) is 6.47. The lowest BCUT2D eigenvalue weighted by molar-refractivity contribution is 0.418. The molecule has 2 unspecified atom stereocenters. The van der Waals surface area contributed by atoms with Crippen LogP contribution in [0.3, 0.4) is 0 Å². The van der Waals surface area contributed by atoms with Crippen molar-refractivity contribution in [2.45, 2.75) is 44.7 Å². The molecule has 0 aromatic carbocycles. The van der Waals surface area contributed by atoms with Crippen LogP contribution in [0.4, 0.5) is 0 Å². The van der Waals surface area contributed by atoms with Crippen molar-refractivity contribution in [2.75, 3.05) is 11.5 Å². The Balaban J connectivity index is 2.36. The summed E-state index contributed by atoms with van der Waals surface area (Å²) in [6.45, 7) is 5.83. The van der Waals surface area contributed by atoms with Gasteiger partial charge in [-0.1, -0.05) is 13.0 Å². The van der Waals surface area contributed by atoms with Gasteiger partial charge in [0.25, 0.3) is 0 Å². The van der Waals surface area contributed by atoms with Crippen LogP contribution < -0.4 is 5.32 Å². The van der Waals surface area contributed by atoms with E-state index in [4.69, 9.17) is 0 Å². The minimum atomic E-state index is -2.75. The summed E-state index contributed by atoms with van der Waals surface area (Å²) in [4.78, 5) is 0. The summed E-state index contributed by atoms with van der Waals surface area (Å²) in [5, 5.41) is 3.43. The Morgan fingerprint density at radius 1 is 1.60 bits per heavy atom. The molecule has 1 aliphatic rings. The van der Waals surface area contributed by atoms with E-state index in [0.29, 0.717) is 17.5 Å². The van der Waals surface area contributed by atoms with Crippen LogP contribution in [-0.4, -0.2) is 32.0 Å². The van der Waals surface area contributed by atoms with E-state index in [0.717, 1.165) is 25.7 Å². The van der Waals surface area contributed by atoms with E-state index in [1.165, 1.54) is 0 Å². The maximum Gasteiger partial charge on any atom is 0.151 e. The quantitative estimate of drug-likeness (QED) is 0.705. The van der Waals surface area contributed by atoms with Crippen molar-refractivity contribution in [3.05, 3.63) is 12.7 Å². The highest BCUT2D eigenvalue weighted by atomic mass is 32.2. The molecule has 0 saturated carbocycles. The SMILES string of the molecule is C=CCCC(CC)NC1CCS(=O)(=O)C1. The Hall–Kier alpha value is -0.350. The Labute approximate surface area is 92.9 Å². The Bertz CT molecular complexity index is 298. The summed E-state index contributed by atoms with van der Waals surface area (Å²) >= 11 is 0. The summed E-state index contributed by atoms with van der Waals surface area (Å²) in [6.07, 6.45) is 5.77. The fourth-order valence-corrected chi connectivity index (χ4v) is 3.67. The third kappa shape index (κ3) is 4.34. The van der Waals surface area contributed by atoms with Gasteiger partial charge in [-0.2, -0.15) is 0 Å². The normalized spacial score (nSPS) is 26.3. The molecule has 0 aliphatic carbocycles. The lowest BCUT2D eigenvalue weighted by atomic mass is 10.1. The number of hydrogen-bond donors (Lipinski definition) is 1. The predicted molar refractivity (Wildman–Crippen MR) is 63.7 cm³/mol. The van der Waals surface area contributed by atoms with Gasteiger partial charge < -0.3 is 5.32 Å². The van der Waals surface area contributed by atoms with Gasteiger partial charge in [-0.3, -0.25) is 0 Å². The zero-order valence-electron chi connectivity index (χ0n) is 9.41. The Kier molecular flexibility index (Phi) is 4.80. The molecule has 0 bridgehead atoms. The molecule has 2 atom stereocenters. The smallest absolute Gasteiger partial charge is 0.151 e. The van der Waals surface area contributed by atoms with Gasteiger partial charge in [-0.15, -0.1) is 6.58 Å². The molecule has 0 aromatic heterocycles. The number of sulfone groups is 1. The van der Waals surface area contributed by atoms with E-state index in [1.807, 2.05) is 6.08 Å². The molecule has 0 radical (unpaired) electrons. The molecule has 88 valence electrons. The first kappa shape index (κ1) is 12.7. The summed E-state index contributed by atoms with van der Waals surface area (Å²) in [5.41, 5.74) is 0. The number of rotatable bonds is 6. The van der Waals surface area contributed by atoms with Gasteiger partial charge in [0, 0.05) is 12.1 Å². The van der Waals surface area contributed by atoms with Crippen molar-refractivity contribution in [1.82, 2.24) is 5.32 Å². The molecule has 1 saturated heterocycles. The molecule has 0 aromatic rings. The van der Waals surface area contributed by atoms with Crippen LogP contribution >= 0.6 is 0 Å². The highest BCUT2D eigenvalue weighted by Crippen LogP contribution is 2.14. The Morgan fingerprint density at radius 2 is 2.33 bits per heavy atom. The highest BCUT2D eigenvalue weighted by molar-refractivity contribution is 7.91. The second kappa shape index (κ2) is 5.66. The van der Waals surface area contributed by atoms with Crippen LogP contribution in [0.1, 0.15) is 32.6 Å². The fourth-order valence-electron chi connectivity index (χ4n) is 1.98. The van der Waals surface area contributed by atoms with Crippen molar-refractivity contribution < 1.29 is 8.42 Å². The minimum absolute atomic E-state index is 0.171. The first-order valence-electron chi connectivity index (χ1n) is 5.64. The molecule has 0 amide bonds. The minimum Gasteiger partial charge on any atom is -0.310 e. The summed E-state index contributed by atoms with van der Waals surface area (Å²) in [5.74, 6) is 0.667. The monoisotopic (exact) mass is 231 g/mol. The lowest BCUT2D eigenvalue weighted by Gasteiger charge is -2.20. The van der Waals surface area contributed by atoms with Crippen molar-refractivity contribution in [2.24, 2.45) is 0 Å². The lowest BCUT2D eigenvalue weighted by Crippen LogP contribution is -2.38. The van der Waals surface area contributed by atoms with Gasteiger partial charge in [0.2, 0.25) is 0 Å².